The van der Waals surface area contributed by atoms with E-state index in [4.69, 9.17) is 4.74 Å². The van der Waals surface area contributed by atoms with Crippen LogP contribution in [0.15, 0.2) is 6.20 Å². The molecule has 1 atom stereocenters. The normalized spacial score (nSPS) is 22.3. The van der Waals surface area contributed by atoms with Gasteiger partial charge in [0.05, 0.1) is 24.1 Å². The number of hydrogen-bond donors (Lipinski definition) is 1. The van der Waals surface area contributed by atoms with Gasteiger partial charge in [0.15, 0.2) is 0 Å². The lowest BCUT2D eigenvalue weighted by atomic mass is 10.2. The van der Waals surface area contributed by atoms with E-state index in [1.54, 1.807) is 0 Å². The van der Waals surface area contributed by atoms with Crippen LogP contribution >= 0.6 is 0 Å². The number of ether oxygens (including phenoxy) is 1. The van der Waals surface area contributed by atoms with E-state index in [1.165, 1.54) is 0 Å². The molecule has 0 radical (unpaired) electrons. The van der Waals surface area contributed by atoms with Gasteiger partial charge >= 0.3 is 0 Å². The van der Waals surface area contributed by atoms with Crippen LogP contribution in [0.5, 0.6) is 0 Å². The molecule has 1 N–H and O–H groups in total. The fourth-order valence-electron chi connectivity index (χ4n) is 1.99. The quantitative estimate of drug-likeness (QED) is 0.810. The molecular formula is C11H20N4O. The highest BCUT2D eigenvalue weighted by molar-refractivity contribution is 5.45. The molecule has 16 heavy (non-hydrogen) atoms. The highest BCUT2D eigenvalue weighted by Crippen LogP contribution is 2.12. The first-order chi connectivity index (χ1) is 7.65. The molecule has 1 saturated heterocycles. The summed E-state index contributed by atoms with van der Waals surface area (Å²) in [5.74, 6) is 0. The van der Waals surface area contributed by atoms with E-state index < -0.39 is 0 Å². The number of rotatable bonds is 3. The number of morpholine rings is 1. The maximum Gasteiger partial charge on any atom is 0.0874 e. The lowest BCUT2D eigenvalue weighted by molar-refractivity contribution is -0.0117. The molecule has 1 aliphatic rings. The molecule has 0 saturated carbocycles. The average molecular weight is 224 g/mol. The molecule has 2 heterocycles. The molecule has 0 aromatic carbocycles. The summed E-state index contributed by atoms with van der Waals surface area (Å²) in [6, 6.07) is 0. The number of aromatic nitrogens is 2. The van der Waals surface area contributed by atoms with E-state index in [9.17, 15) is 0 Å². The van der Waals surface area contributed by atoms with Crippen LogP contribution in [0, 0.1) is 6.92 Å². The Bertz CT molecular complexity index is 350. The lowest BCUT2D eigenvalue weighted by Gasteiger charge is -2.30. The maximum absolute atomic E-state index is 5.69. The van der Waals surface area contributed by atoms with Crippen molar-refractivity contribution in [3.63, 3.8) is 0 Å². The maximum atomic E-state index is 5.69. The second kappa shape index (κ2) is 4.84. The summed E-state index contributed by atoms with van der Waals surface area (Å²) in [6.45, 7) is 5.71. The van der Waals surface area contributed by atoms with Gasteiger partial charge in [-0.25, -0.2) is 0 Å². The van der Waals surface area contributed by atoms with Crippen LogP contribution in [0.1, 0.15) is 5.69 Å². The fourth-order valence-corrected chi connectivity index (χ4v) is 1.99. The van der Waals surface area contributed by atoms with E-state index in [2.05, 4.69) is 22.4 Å². The average Bonchev–Trinajstić information content (AvgIpc) is 2.54. The predicted molar refractivity (Wildman–Crippen MR) is 63.7 cm³/mol. The minimum absolute atomic E-state index is 0.276. The molecule has 1 aromatic rings. The minimum atomic E-state index is 0.276. The van der Waals surface area contributed by atoms with Gasteiger partial charge in [0.25, 0.3) is 0 Å². The molecule has 0 amide bonds. The van der Waals surface area contributed by atoms with Crippen molar-refractivity contribution in [3.05, 3.63) is 11.9 Å². The lowest BCUT2D eigenvalue weighted by Crippen LogP contribution is -2.43. The summed E-state index contributed by atoms with van der Waals surface area (Å²) in [6.07, 6.45) is 2.28. The van der Waals surface area contributed by atoms with Crippen LogP contribution in [0.4, 0.5) is 5.69 Å². The Morgan fingerprint density at radius 3 is 3.00 bits per heavy atom. The van der Waals surface area contributed by atoms with Crippen LogP contribution in [-0.2, 0) is 11.8 Å². The molecule has 5 nitrogen and oxygen atoms in total. The van der Waals surface area contributed by atoms with Gasteiger partial charge in [0, 0.05) is 32.9 Å². The zero-order valence-corrected chi connectivity index (χ0v) is 10.2. The summed E-state index contributed by atoms with van der Waals surface area (Å²) in [5, 5.41) is 7.68. The Balaban J connectivity index is 1.85. The zero-order chi connectivity index (χ0) is 11.5. The van der Waals surface area contributed by atoms with Gasteiger partial charge in [-0.3, -0.25) is 4.68 Å². The molecule has 90 valence electrons. The van der Waals surface area contributed by atoms with Crippen molar-refractivity contribution in [2.24, 2.45) is 7.05 Å². The Morgan fingerprint density at radius 1 is 1.56 bits per heavy atom. The van der Waals surface area contributed by atoms with Crippen molar-refractivity contribution < 1.29 is 4.74 Å². The van der Waals surface area contributed by atoms with Crippen LogP contribution in [0.25, 0.3) is 0 Å². The van der Waals surface area contributed by atoms with Gasteiger partial charge in [0.1, 0.15) is 0 Å². The molecule has 1 aliphatic heterocycles. The van der Waals surface area contributed by atoms with Gasteiger partial charge in [-0.2, -0.15) is 5.10 Å². The van der Waals surface area contributed by atoms with Gasteiger partial charge in [-0.1, -0.05) is 0 Å². The first kappa shape index (κ1) is 11.4. The van der Waals surface area contributed by atoms with Crippen LogP contribution < -0.4 is 5.32 Å². The molecule has 1 aromatic heterocycles. The third-order valence-corrected chi connectivity index (χ3v) is 2.88. The SMILES string of the molecule is Cc1nn(C)cc1NCC1CN(C)CCO1. The number of anilines is 1. The van der Waals surface area contributed by atoms with Crippen molar-refractivity contribution >= 4 is 5.69 Å². The summed E-state index contributed by atoms with van der Waals surface area (Å²) in [5.41, 5.74) is 2.13. The van der Waals surface area contributed by atoms with E-state index in [-0.39, 0.29) is 6.10 Å². The Morgan fingerprint density at radius 2 is 2.38 bits per heavy atom. The highest BCUT2D eigenvalue weighted by atomic mass is 16.5. The first-order valence-corrected chi connectivity index (χ1v) is 5.69. The first-order valence-electron chi connectivity index (χ1n) is 5.69. The number of hydrogen-bond acceptors (Lipinski definition) is 4. The van der Waals surface area contributed by atoms with Crippen LogP contribution in [0.3, 0.4) is 0 Å². The van der Waals surface area contributed by atoms with E-state index in [0.717, 1.165) is 37.6 Å². The van der Waals surface area contributed by atoms with Crippen molar-refractivity contribution in [1.29, 1.82) is 0 Å². The third kappa shape index (κ3) is 2.74. The monoisotopic (exact) mass is 224 g/mol. The highest BCUT2D eigenvalue weighted by Gasteiger charge is 2.17. The Labute approximate surface area is 96.4 Å². The molecule has 1 fully saturated rings. The molecule has 2 rings (SSSR count). The van der Waals surface area contributed by atoms with Gasteiger partial charge in [-0.05, 0) is 14.0 Å². The number of nitrogens with one attached hydrogen (secondary N) is 1. The Kier molecular flexibility index (Phi) is 3.46. The molecule has 5 heteroatoms. The van der Waals surface area contributed by atoms with E-state index in [1.807, 2.05) is 24.9 Å². The van der Waals surface area contributed by atoms with Gasteiger partial charge in [-0.15, -0.1) is 0 Å². The second-order valence-corrected chi connectivity index (χ2v) is 4.44. The molecule has 0 aliphatic carbocycles. The van der Waals surface area contributed by atoms with Gasteiger partial charge in [0.2, 0.25) is 0 Å². The summed E-state index contributed by atoms with van der Waals surface area (Å²) in [7, 11) is 4.06. The Hall–Kier alpha value is -1.07. The van der Waals surface area contributed by atoms with Crippen molar-refractivity contribution in [3.8, 4) is 0 Å². The van der Waals surface area contributed by atoms with Crippen LogP contribution in [-0.4, -0.2) is 54.1 Å². The predicted octanol–water partition coefficient (Wildman–Crippen LogP) is 0.471. The molecule has 1 unspecified atom stereocenters. The molecule has 0 bridgehead atoms. The van der Waals surface area contributed by atoms with E-state index >= 15 is 0 Å². The summed E-state index contributed by atoms with van der Waals surface area (Å²) < 4.78 is 7.51. The second-order valence-electron chi connectivity index (χ2n) is 4.44. The topological polar surface area (TPSA) is 42.3 Å². The van der Waals surface area contributed by atoms with Crippen molar-refractivity contribution in [2.45, 2.75) is 13.0 Å². The smallest absolute Gasteiger partial charge is 0.0874 e. The van der Waals surface area contributed by atoms with Gasteiger partial charge < -0.3 is 15.0 Å². The number of aryl methyl sites for hydroxylation is 2. The number of nitrogens with zero attached hydrogens (tertiary/aromatic N) is 3. The van der Waals surface area contributed by atoms with Crippen molar-refractivity contribution in [1.82, 2.24) is 14.7 Å². The van der Waals surface area contributed by atoms with Crippen LogP contribution in [0.2, 0.25) is 0 Å². The number of likely N-dealkylation sites (N-methyl/N-ethyl adjacent to an activating group) is 1. The summed E-state index contributed by atoms with van der Waals surface area (Å²) in [4.78, 5) is 2.30. The zero-order valence-electron chi connectivity index (χ0n) is 10.2. The third-order valence-electron chi connectivity index (χ3n) is 2.88. The molecular weight excluding hydrogens is 204 g/mol. The van der Waals surface area contributed by atoms with E-state index in [0.29, 0.717) is 0 Å². The molecule has 0 spiro atoms. The van der Waals surface area contributed by atoms with Crippen molar-refractivity contribution in [2.75, 3.05) is 38.6 Å². The summed E-state index contributed by atoms with van der Waals surface area (Å²) >= 11 is 0. The standard InChI is InChI=1S/C11H20N4O/c1-9-11(8-15(3)13-9)12-6-10-7-14(2)4-5-16-10/h8,10,12H,4-7H2,1-3H3. The largest absolute Gasteiger partial charge is 0.380 e. The fraction of sp³-hybridized carbons (Fsp3) is 0.727. The minimum Gasteiger partial charge on any atom is -0.380 e.